The molecular weight excluding hydrogens is 312 g/mol. The Kier molecular flexibility index (Phi) is 3.85. The summed E-state index contributed by atoms with van der Waals surface area (Å²) in [6, 6.07) is 19.3. The standard InChI is InChI=1S/C22H20O3/c1-25-21-12-11-20(24)22-16(8-9-17(21)22)18-13-15(7-10-19(18)23)14-5-3-2-4-6-14/h2-7,10-13,16,23-24H,8-9H2,1H3. The Morgan fingerprint density at radius 1 is 0.880 bits per heavy atom. The number of benzene rings is 3. The van der Waals surface area contributed by atoms with Crippen LogP contribution in [0.25, 0.3) is 11.1 Å². The fraction of sp³-hybridized carbons (Fsp3) is 0.182. The zero-order valence-electron chi connectivity index (χ0n) is 14.1. The van der Waals surface area contributed by atoms with Crippen LogP contribution in [0.4, 0.5) is 0 Å². The van der Waals surface area contributed by atoms with Gasteiger partial charge in [-0.3, -0.25) is 0 Å². The van der Waals surface area contributed by atoms with E-state index in [2.05, 4.69) is 12.1 Å². The van der Waals surface area contributed by atoms with Crippen molar-refractivity contribution < 1.29 is 14.9 Å². The minimum atomic E-state index is -0.0336. The van der Waals surface area contributed by atoms with E-state index < -0.39 is 0 Å². The highest BCUT2D eigenvalue weighted by Gasteiger charge is 2.31. The monoisotopic (exact) mass is 332 g/mol. The summed E-state index contributed by atoms with van der Waals surface area (Å²) in [4.78, 5) is 0. The van der Waals surface area contributed by atoms with Crippen molar-refractivity contribution in [3.8, 4) is 28.4 Å². The van der Waals surface area contributed by atoms with Crippen LogP contribution >= 0.6 is 0 Å². The van der Waals surface area contributed by atoms with Crippen molar-refractivity contribution in [2.75, 3.05) is 7.11 Å². The molecule has 0 aromatic heterocycles. The fourth-order valence-electron chi connectivity index (χ4n) is 3.86. The minimum Gasteiger partial charge on any atom is -0.508 e. The molecule has 1 aliphatic rings. The first-order valence-electron chi connectivity index (χ1n) is 8.46. The van der Waals surface area contributed by atoms with E-state index in [-0.39, 0.29) is 17.4 Å². The molecule has 0 saturated heterocycles. The number of hydrogen-bond donors (Lipinski definition) is 2. The van der Waals surface area contributed by atoms with Crippen LogP contribution in [0.1, 0.15) is 29.0 Å². The molecule has 1 aliphatic carbocycles. The van der Waals surface area contributed by atoms with E-state index in [9.17, 15) is 10.2 Å². The van der Waals surface area contributed by atoms with Crippen LogP contribution in [0.3, 0.4) is 0 Å². The normalized spacial score (nSPS) is 15.8. The summed E-state index contributed by atoms with van der Waals surface area (Å²) in [6.07, 6.45) is 1.67. The highest BCUT2D eigenvalue weighted by atomic mass is 16.5. The van der Waals surface area contributed by atoms with Gasteiger partial charge >= 0.3 is 0 Å². The maximum Gasteiger partial charge on any atom is 0.122 e. The second kappa shape index (κ2) is 6.17. The molecule has 2 N–H and O–H groups in total. The quantitative estimate of drug-likeness (QED) is 0.721. The van der Waals surface area contributed by atoms with Gasteiger partial charge < -0.3 is 14.9 Å². The lowest BCUT2D eigenvalue weighted by molar-refractivity contribution is 0.407. The van der Waals surface area contributed by atoms with Gasteiger partial charge in [-0.05, 0) is 48.2 Å². The number of phenols is 2. The molecule has 0 spiro atoms. The summed E-state index contributed by atoms with van der Waals surface area (Å²) in [6.45, 7) is 0. The highest BCUT2D eigenvalue weighted by Crippen LogP contribution is 2.48. The van der Waals surface area contributed by atoms with Crippen LogP contribution < -0.4 is 4.74 Å². The Balaban J connectivity index is 1.83. The molecule has 0 heterocycles. The molecule has 0 saturated carbocycles. The number of methoxy groups -OCH3 is 1. The summed E-state index contributed by atoms with van der Waals surface area (Å²) in [5.41, 5.74) is 4.93. The van der Waals surface area contributed by atoms with Gasteiger partial charge in [0.05, 0.1) is 7.11 Å². The average molecular weight is 332 g/mol. The van der Waals surface area contributed by atoms with Gasteiger partial charge in [0.15, 0.2) is 0 Å². The van der Waals surface area contributed by atoms with Gasteiger partial charge in [-0.1, -0.05) is 36.4 Å². The maximum atomic E-state index is 10.5. The van der Waals surface area contributed by atoms with Gasteiger partial charge in [-0.25, -0.2) is 0 Å². The van der Waals surface area contributed by atoms with Crippen LogP contribution in [0.5, 0.6) is 17.2 Å². The van der Waals surface area contributed by atoms with E-state index in [1.807, 2.05) is 30.3 Å². The van der Waals surface area contributed by atoms with Crippen LogP contribution in [-0.2, 0) is 6.42 Å². The third-order valence-electron chi connectivity index (χ3n) is 5.05. The highest BCUT2D eigenvalue weighted by molar-refractivity contribution is 5.67. The zero-order valence-corrected chi connectivity index (χ0v) is 14.1. The minimum absolute atomic E-state index is 0.0336. The van der Waals surface area contributed by atoms with E-state index in [1.54, 1.807) is 25.3 Å². The molecule has 1 unspecified atom stereocenters. The first-order valence-corrected chi connectivity index (χ1v) is 8.46. The predicted octanol–water partition coefficient (Wildman–Crippen LogP) is 4.85. The number of aromatic hydroxyl groups is 2. The second-order valence-corrected chi connectivity index (χ2v) is 6.41. The molecule has 3 aromatic carbocycles. The van der Waals surface area contributed by atoms with Crippen molar-refractivity contribution in [2.45, 2.75) is 18.8 Å². The molecule has 3 aromatic rings. The molecule has 4 rings (SSSR count). The molecule has 0 bridgehead atoms. The second-order valence-electron chi connectivity index (χ2n) is 6.41. The van der Waals surface area contributed by atoms with Crippen molar-refractivity contribution in [1.82, 2.24) is 0 Å². The van der Waals surface area contributed by atoms with Crippen molar-refractivity contribution >= 4 is 0 Å². The summed E-state index contributed by atoms with van der Waals surface area (Å²) in [7, 11) is 1.65. The molecule has 126 valence electrons. The number of rotatable bonds is 3. The van der Waals surface area contributed by atoms with Gasteiger partial charge in [-0.15, -0.1) is 0 Å². The molecule has 0 fully saturated rings. The van der Waals surface area contributed by atoms with Crippen molar-refractivity contribution in [1.29, 1.82) is 0 Å². The van der Waals surface area contributed by atoms with Gasteiger partial charge in [0.1, 0.15) is 17.2 Å². The molecule has 0 radical (unpaired) electrons. The van der Waals surface area contributed by atoms with Crippen molar-refractivity contribution in [3.63, 3.8) is 0 Å². The summed E-state index contributed by atoms with van der Waals surface area (Å²) >= 11 is 0. The van der Waals surface area contributed by atoms with E-state index in [0.717, 1.165) is 46.4 Å². The molecular formula is C22H20O3. The molecule has 3 nitrogen and oxygen atoms in total. The number of ether oxygens (including phenoxy) is 1. The van der Waals surface area contributed by atoms with E-state index in [1.165, 1.54) is 0 Å². The van der Waals surface area contributed by atoms with Crippen LogP contribution in [0, 0.1) is 0 Å². The smallest absolute Gasteiger partial charge is 0.122 e. The lowest BCUT2D eigenvalue weighted by Crippen LogP contribution is -1.99. The Hall–Kier alpha value is -2.94. The Labute approximate surface area is 147 Å². The third kappa shape index (κ3) is 2.62. The Morgan fingerprint density at radius 3 is 2.40 bits per heavy atom. The SMILES string of the molecule is COc1ccc(O)c2c1CCC2c1cc(-c2ccccc2)ccc1O. The molecule has 25 heavy (non-hydrogen) atoms. The van der Waals surface area contributed by atoms with E-state index >= 15 is 0 Å². The van der Waals surface area contributed by atoms with Crippen LogP contribution in [-0.4, -0.2) is 17.3 Å². The molecule has 0 amide bonds. The summed E-state index contributed by atoms with van der Waals surface area (Å²) < 4.78 is 5.45. The van der Waals surface area contributed by atoms with E-state index in [4.69, 9.17) is 4.74 Å². The van der Waals surface area contributed by atoms with Crippen LogP contribution in [0.15, 0.2) is 60.7 Å². The summed E-state index contributed by atoms with van der Waals surface area (Å²) in [5.74, 6) is 1.30. The third-order valence-corrected chi connectivity index (χ3v) is 5.05. The van der Waals surface area contributed by atoms with Gasteiger partial charge in [0, 0.05) is 22.6 Å². The lowest BCUT2D eigenvalue weighted by atomic mass is 9.89. The van der Waals surface area contributed by atoms with Crippen molar-refractivity contribution in [3.05, 3.63) is 77.4 Å². The van der Waals surface area contributed by atoms with E-state index in [0.29, 0.717) is 0 Å². The van der Waals surface area contributed by atoms with Gasteiger partial charge in [-0.2, -0.15) is 0 Å². The predicted molar refractivity (Wildman–Crippen MR) is 98.4 cm³/mol. The lowest BCUT2D eigenvalue weighted by Gasteiger charge is -2.17. The van der Waals surface area contributed by atoms with Gasteiger partial charge in [0.25, 0.3) is 0 Å². The largest absolute Gasteiger partial charge is 0.508 e. The number of phenolic OH excluding ortho intramolecular Hbond substituents is 2. The zero-order chi connectivity index (χ0) is 17.4. The van der Waals surface area contributed by atoms with Crippen LogP contribution in [0.2, 0.25) is 0 Å². The summed E-state index contributed by atoms with van der Waals surface area (Å²) in [5, 5.41) is 20.9. The molecule has 1 atom stereocenters. The first-order chi connectivity index (χ1) is 12.2. The van der Waals surface area contributed by atoms with Gasteiger partial charge in [0.2, 0.25) is 0 Å². The number of hydrogen-bond acceptors (Lipinski definition) is 3. The average Bonchev–Trinajstić information content (AvgIpc) is 3.09. The van der Waals surface area contributed by atoms with Crippen molar-refractivity contribution in [2.24, 2.45) is 0 Å². The maximum absolute atomic E-state index is 10.5. The topological polar surface area (TPSA) is 49.7 Å². The molecule has 0 aliphatic heterocycles. The molecule has 3 heteroatoms. The fourth-order valence-corrected chi connectivity index (χ4v) is 3.86. The Morgan fingerprint density at radius 2 is 1.64 bits per heavy atom. The Bertz CT molecular complexity index is 916. The number of fused-ring (bicyclic) bond motifs is 1. The first kappa shape index (κ1) is 15.6.